The topological polar surface area (TPSA) is 42.4 Å². The standard InChI is InChI=1S/C15H17NO2/c1-11-14(12(2)17)8-9-15(16-11)18-10-13-6-4-3-5-7-13/h3-9,12,17H,10H2,1-2H3. The van der Waals surface area contributed by atoms with Gasteiger partial charge in [-0.1, -0.05) is 30.3 Å². The maximum absolute atomic E-state index is 9.52. The Labute approximate surface area is 107 Å². The SMILES string of the molecule is Cc1nc(OCc2ccccc2)ccc1C(C)O. The van der Waals surface area contributed by atoms with E-state index in [0.29, 0.717) is 12.5 Å². The van der Waals surface area contributed by atoms with Gasteiger partial charge >= 0.3 is 0 Å². The molecule has 1 unspecified atom stereocenters. The number of pyridine rings is 1. The maximum atomic E-state index is 9.52. The molecule has 0 bridgehead atoms. The van der Waals surface area contributed by atoms with Crippen molar-refractivity contribution in [2.75, 3.05) is 0 Å². The molecule has 2 aromatic rings. The van der Waals surface area contributed by atoms with Crippen LogP contribution in [0.4, 0.5) is 0 Å². The quantitative estimate of drug-likeness (QED) is 0.897. The van der Waals surface area contributed by atoms with Crippen LogP contribution in [0.3, 0.4) is 0 Å². The average molecular weight is 243 g/mol. The molecule has 0 aliphatic heterocycles. The minimum Gasteiger partial charge on any atom is -0.473 e. The van der Waals surface area contributed by atoms with Crippen LogP contribution in [0.25, 0.3) is 0 Å². The molecule has 1 heterocycles. The smallest absolute Gasteiger partial charge is 0.213 e. The third-order valence-electron chi connectivity index (χ3n) is 2.78. The van der Waals surface area contributed by atoms with Crippen molar-refractivity contribution < 1.29 is 9.84 Å². The Kier molecular flexibility index (Phi) is 3.95. The van der Waals surface area contributed by atoms with Gasteiger partial charge in [-0.3, -0.25) is 0 Å². The third-order valence-corrected chi connectivity index (χ3v) is 2.78. The van der Waals surface area contributed by atoms with Crippen molar-refractivity contribution >= 4 is 0 Å². The molecule has 0 saturated heterocycles. The molecule has 94 valence electrons. The second kappa shape index (κ2) is 5.65. The highest BCUT2D eigenvalue weighted by molar-refractivity contribution is 5.26. The molecule has 0 aliphatic rings. The van der Waals surface area contributed by atoms with Gasteiger partial charge in [0.05, 0.1) is 6.10 Å². The second-order valence-corrected chi connectivity index (χ2v) is 4.27. The molecule has 1 aromatic heterocycles. The number of aliphatic hydroxyl groups excluding tert-OH is 1. The summed E-state index contributed by atoms with van der Waals surface area (Å²) in [5, 5.41) is 9.52. The van der Waals surface area contributed by atoms with Crippen LogP contribution in [0.2, 0.25) is 0 Å². The molecule has 18 heavy (non-hydrogen) atoms. The molecule has 3 heteroatoms. The van der Waals surface area contributed by atoms with Crippen LogP contribution in [0.15, 0.2) is 42.5 Å². The van der Waals surface area contributed by atoms with Crippen molar-refractivity contribution in [2.24, 2.45) is 0 Å². The summed E-state index contributed by atoms with van der Waals surface area (Å²) >= 11 is 0. The molecule has 0 saturated carbocycles. The third kappa shape index (κ3) is 3.08. The number of ether oxygens (including phenoxy) is 1. The van der Waals surface area contributed by atoms with Crippen LogP contribution >= 0.6 is 0 Å². The maximum Gasteiger partial charge on any atom is 0.213 e. The molecule has 1 atom stereocenters. The number of hydrogen-bond acceptors (Lipinski definition) is 3. The van der Waals surface area contributed by atoms with E-state index in [2.05, 4.69) is 4.98 Å². The van der Waals surface area contributed by atoms with Crippen LogP contribution < -0.4 is 4.74 Å². The fourth-order valence-corrected chi connectivity index (χ4v) is 1.80. The van der Waals surface area contributed by atoms with Gasteiger partial charge < -0.3 is 9.84 Å². The van der Waals surface area contributed by atoms with E-state index in [0.717, 1.165) is 16.8 Å². The predicted octanol–water partition coefficient (Wildman–Crippen LogP) is 3.02. The second-order valence-electron chi connectivity index (χ2n) is 4.27. The van der Waals surface area contributed by atoms with Gasteiger partial charge in [-0.2, -0.15) is 0 Å². The van der Waals surface area contributed by atoms with Gasteiger partial charge in [0.2, 0.25) is 5.88 Å². The van der Waals surface area contributed by atoms with E-state index in [1.54, 1.807) is 13.0 Å². The highest BCUT2D eigenvalue weighted by Gasteiger charge is 2.07. The van der Waals surface area contributed by atoms with E-state index in [1.807, 2.05) is 43.3 Å². The zero-order valence-electron chi connectivity index (χ0n) is 10.6. The summed E-state index contributed by atoms with van der Waals surface area (Å²) in [6.45, 7) is 4.10. The van der Waals surface area contributed by atoms with Gasteiger partial charge in [-0.15, -0.1) is 0 Å². The lowest BCUT2D eigenvalue weighted by Crippen LogP contribution is -2.01. The molecule has 3 nitrogen and oxygen atoms in total. The average Bonchev–Trinajstić information content (AvgIpc) is 2.37. The summed E-state index contributed by atoms with van der Waals surface area (Å²) in [6, 6.07) is 13.6. The lowest BCUT2D eigenvalue weighted by Gasteiger charge is -2.10. The number of hydrogen-bond donors (Lipinski definition) is 1. The highest BCUT2D eigenvalue weighted by Crippen LogP contribution is 2.19. The number of benzene rings is 1. The zero-order chi connectivity index (χ0) is 13.0. The van der Waals surface area contributed by atoms with Crippen molar-refractivity contribution in [2.45, 2.75) is 26.6 Å². The van der Waals surface area contributed by atoms with Crippen molar-refractivity contribution in [3.05, 3.63) is 59.3 Å². The van der Waals surface area contributed by atoms with Gasteiger partial charge in [-0.25, -0.2) is 4.98 Å². The number of nitrogens with zero attached hydrogens (tertiary/aromatic N) is 1. The molecule has 0 amide bonds. The molecule has 0 radical (unpaired) electrons. The molecule has 2 rings (SSSR count). The first kappa shape index (κ1) is 12.6. The lowest BCUT2D eigenvalue weighted by molar-refractivity contribution is 0.197. The Hall–Kier alpha value is -1.87. The highest BCUT2D eigenvalue weighted by atomic mass is 16.5. The normalized spacial score (nSPS) is 12.2. The van der Waals surface area contributed by atoms with Crippen molar-refractivity contribution in [1.82, 2.24) is 4.98 Å². The Morgan fingerprint density at radius 3 is 2.50 bits per heavy atom. The molecule has 0 aliphatic carbocycles. The Bertz CT molecular complexity index is 509. The van der Waals surface area contributed by atoms with E-state index < -0.39 is 6.10 Å². The summed E-state index contributed by atoms with van der Waals surface area (Å²) in [4.78, 5) is 4.33. The van der Waals surface area contributed by atoms with Crippen molar-refractivity contribution in [3.8, 4) is 5.88 Å². The number of rotatable bonds is 4. The molecule has 1 aromatic carbocycles. The van der Waals surface area contributed by atoms with Crippen molar-refractivity contribution in [3.63, 3.8) is 0 Å². The molecule has 0 fully saturated rings. The van der Waals surface area contributed by atoms with Crippen LogP contribution in [0.1, 0.15) is 29.8 Å². The Morgan fingerprint density at radius 2 is 1.89 bits per heavy atom. The zero-order valence-corrected chi connectivity index (χ0v) is 10.6. The van der Waals surface area contributed by atoms with Gasteiger partial charge in [0.25, 0.3) is 0 Å². The van der Waals surface area contributed by atoms with Gasteiger partial charge in [-0.05, 0) is 25.5 Å². The largest absolute Gasteiger partial charge is 0.473 e. The summed E-state index contributed by atoms with van der Waals surface area (Å²) in [6.07, 6.45) is -0.499. The minimum atomic E-state index is -0.499. The van der Waals surface area contributed by atoms with Crippen LogP contribution in [-0.2, 0) is 6.61 Å². The number of aromatic nitrogens is 1. The monoisotopic (exact) mass is 243 g/mol. The van der Waals surface area contributed by atoms with Gasteiger partial charge in [0.1, 0.15) is 6.61 Å². The van der Waals surface area contributed by atoms with E-state index >= 15 is 0 Å². The molecule has 0 spiro atoms. The van der Waals surface area contributed by atoms with Crippen molar-refractivity contribution in [1.29, 1.82) is 0 Å². The number of aryl methyl sites for hydroxylation is 1. The van der Waals surface area contributed by atoms with Crippen LogP contribution in [0.5, 0.6) is 5.88 Å². The molecular formula is C15H17NO2. The fourth-order valence-electron chi connectivity index (χ4n) is 1.80. The molecular weight excluding hydrogens is 226 g/mol. The van der Waals surface area contributed by atoms with Gasteiger partial charge in [0, 0.05) is 17.3 Å². The van der Waals surface area contributed by atoms with Crippen LogP contribution in [0, 0.1) is 6.92 Å². The number of aliphatic hydroxyl groups is 1. The first-order valence-electron chi connectivity index (χ1n) is 5.99. The van der Waals surface area contributed by atoms with E-state index in [1.165, 1.54) is 0 Å². The van der Waals surface area contributed by atoms with E-state index in [4.69, 9.17) is 4.74 Å². The predicted molar refractivity (Wildman–Crippen MR) is 70.4 cm³/mol. The van der Waals surface area contributed by atoms with Crippen LogP contribution in [-0.4, -0.2) is 10.1 Å². The Morgan fingerprint density at radius 1 is 1.17 bits per heavy atom. The molecule has 1 N–H and O–H groups in total. The van der Waals surface area contributed by atoms with E-state index in [-0.39, 0.29) is 0 Å². The summed E-state index contributed by atoms with van der Waals surface area (Å²) < 4.78 is 5.61. The summed E-state index contributed by atoms with van der Waals surface area (Å²) in [5.41, 5.74) is 2.74. The van der Waals surface area contributed by atoms with E-state index in [9.17, 15) is 5.11 Å². The first-order valence-corrected chi connectivity index (χ1v) is 5.99. The fraction of sp³-hybridized carbons (Fsp3) is 0.267. The summed E-state index contributed by atoms with van der Waals surface area (Å²) in [5.74, 6) is 0.584. The summed E-state index contributed by atoms with van der Waals surface area (Å²) in [7, 11) is 0. The minimum absolute atomic E-state index is 0.499. The van der Waals surface area contributed by atoms with Gasteiger partial charge in [0.15, 0.2) is 0 Å². The first-order chi connectivity index (χ1) is 8.66. The Balaban J connectivity index is 2.05. The lowest BCUT2D eigenvalue weighted by atomic mass is 10.1.